The number of urea groups is 1. The second-order valence-electron chi connectivity index (χ2n) is 6.36. The van der Waals surface area contributed by atoms with Crippen LogP contribution in [0.2, 0.25) is 0 Å². The first-order valence-corrected chi connectivity index (χ1v) is 9.33. The molecule has 0 saturated carbocycles. The molecule has 3 rings (SSSR count). The number of aromatic hydroxyl groups is 1. The minimum Gasteiger partial charge on any atom is -0.503 e. The van der Waals surface area contributed by atoms with Gasteiger partial charge in [0.25, 0.3) is 0 Å². The number of benzene rings is 1. The van der Waals surface area contributed by atoms with Crippen LogP contribution in [-0.2, 0) is 14.3 Å². The summed E-state index contributed by atoms with van der Waals surface area (Å²) < 4.78 is 16.5. The summed E-state index contributed by atoms with van der Waals surface area (Å²) in [5.74, 6) is -0.384. The quantitative estimate of drug-likeness (QED) is 0.607. The van der Waals surface area contributed by atoms with Gasteiger partial charge >= 0.3 is 12.0 Å². The number of hydrogen-bond donors (Lipinski definition) is 3. The molecular weight excluding hydrogens is 420 g/mol. The Bertz CT molecular complexity index is 788. The average Bonchev–Trinajstić information content (AvgIpc) is 3.14. The highest BCUT2D eigenvalue weighted by atomic mass is 79.9. The number of hydrogen-bond acceptors (Lipinski definition) is 6. The van der Waals surface area contributed by atoms with Gasteiger partial charge in [0.15, 0.2) is 11.5 Å². The van der Waals surface area contributed by atoms with Crippen LogP contribution >= 0.6 is 15.9 Å². The van der Waals surface area contributed by atoms with E-state index in [0.29, 0.717) is 22.3 Å². The summed E-state index contributed by atoms with van der Waals surface area (Å²) in [7, 11) is 1.42. The number of phenolic OH excluding ortho intramolecular Hbond substituents is 1. The second-order valence-corrected chi connectivity index (χ2v) is 7.21. The molecule has 0 aliphatic carbocycles. The van der Waals surface area contributed by atoms with Gasteiger partial charge in [0.05, 0.1) is 29.3 Å². The molecular formula is C18H21BrN2O6. The number of nitrogens with one attached hydrogen (secondary N) is 2. The SMILES string of the molecule is COc1cc([C@H]2NC(=O)NC(C)=C2C(=O)OC[C@@H]2CCCO2)cc(Br)c1O. The minimum atomic E-state index is -0.749. The predicted molar refractivity (Wildman–Crippen MR) is 99.4 cm³/mol. The van der Waals surface area contributed by atoms with Gasteiger partial charge in [0.1, 0.15) is 6.61 Å². The number of carbonyl (C=O) groups is 2. The van der Waals surface area contributed by atoms with Crippen LogP contribution in [0.3, 0.4) is 0 Å². The van der Waals surface area contributed by atoms with Crippen molar-refractivity contribution in [2.75, 3.05) is 20.3 Å². The zero-order valence-corrected chi connectivity index (χ0v) is 16.6. The topological polar surface area (TPSA) is 106 Å². The number of methoxy groups -OCH3 is 1. The van der Waals surface area contributed by atoms with Crippen LogP contribution in [0.15, 0.2) is 27.9 Å². The van der Waals surface area contributed by atoms with Crippen molar-refractivity contribution in [3.8, 4) is 11.5 Å². The van der Waals surface area contributed by atoms with E-state index >= 15 is 0 Å². The lowest BCUT2D eigenvalue weighted by Gasteiger charge is -2.28. The highest BCUT2D eigenvalue weighted by Gasteiger charge is 2.33. The summed E-state index contributed by atoms with van der Waals surface area (Å²) in [5, 5.41) is 15.3. The number of amides is 2. The van der Waals surface area contributed by atoms with Crippen molar-refractivity contribution in [3.05, 3.63) is 33.4 Å². The van der Waals surface area contributed by atoms with E-state index in [-0.39, 0.29) is 29.8 Å². The molecule has 1 fully saturated rings. The first kappa shape index (κ1) is 19.5. The van der Waals surface area contributed by atoms with Crippen LogP contribution < -0.4 is 15.4 Å². The Morgan fingerprint density at radius 3 is 2.89 bits per heavy atom. The van der Waals surface area contributed by atoms with Gasteiger partial charge in [0, 0.05) is 12.3 Å². The van der Waals surface area contributed by atoms with Crippen molar-refractivity contribution in [1.29, 1.82) is 0 Å². The third kappa shape index (κ3) is 4.19. The summed E-state index contributed by atoms with van der Waals surface area (Å²) in [6, 6.07) is 2.00. The molecule has 2 aliphatic rings. The van der Waals surface area contributed by atoms with E-state index in [1.807, 2.05) is 0 Å². The van der Waals surface area contributed by atoms with Gasteiger partial charge in [-0.2, -0.15) is 0 Å². The Hall–Kier alpha value is -2.26. The Morgan fingerprint density at radius 2 is 2.22 bits per heavy atom. The van der Waals surface area contributed by atoms with Crippen molar-refractivity contribution >= 4 is 27.9 Å². The molecule has 3 N–H and O–H groups in total. The maximum Gasteiger partial charge on any atom is 0.338 e. The van der Waals surface area contributed by atoms with Gasteiger partial charge in [0.2, 0.25) is 0 Å². The molecule has 27 heavy (non-hydrogen) atoms. The number of esters is 1. The van der Waals surface area contributed by atoms with Gasteiger partial charge in [-0.15, -0.1) is 0 Å². The largest absolute Gasteiger partial charge is 0.503 e. The van der Waals surface area contributed by atoms with Crippen LogP contribution in [0.5, 0.6) is 11.5 Å². The summed E-state index contributed by atoms with van der Waals surface area (Å²) in [6.45, 7) is 2.48. The number of phenols is 1. The molecule has 2 aliphatic heterocycles. The highest BCUT2D eigenvalue weighted by molar-refractivity contribution is 9.10. The van der Waals surface area contributed by atoms with Crippen molar-refractivity contribution < 1.29 is 28.9 Å². The first-order valence-electron chi connectivity index (χ1n) is 8.54. The zero-order valence-electron chi connectivity index (χ0n) is 15.0. The Balaban J connectivity index is 1.89. The highest BCUT2D eigenvalue weighted by Crippen LogP contribution is 2.39. The summed E-state index contributed by atoms with van der Waals surface area (Å²) >= 11 is 3.26. The molecule has 0 aromatic heterocycles. The lowest BCUT2D eigenvalue weighted by Crippen LogP contribution is -2.45. The van der Waals surface area contributed by atoms with E-state index in [1.165, 1.54) is 7.11 Å². The molecule has 2 atom stereocenters. The molecule has 0 spiro atoms. The molecule has 0 unspecified atom stereocenters. The van der Waals surface area contributed by atoms with E-state index in [0.717, 1.165) is 12.8 Å². The second kappa shape index (κ2) is 8.18. The average molecular weight is 441 g/mol. The van der Waals surface area contributed by atoms with Gasteiger partial charge in [-0.3, -0.25) is 0 Å². The normalized spacial score (nSPS) is 22.3. The number of ether oxygens (including phenoxy) is 3. The van der Waals surface area contributed by atoms with Crippen molar-refractivity contribution in [2.24, 2.45) is 0 Å². The Labute approximate surface area is 165 Å². The molecule has 2 amide bonds. The number of carbonyl (C=O) groups excluding carboxylic acids is 2. The monoisotopic (exact) mass is 440 g/mol. The van der Waals surface area contributed by atoms with Gasteiger partial charge in [-0.1, -0.05) is 0 Å². The molecule has 9 heteroatoms. The molecule has 1 aromatic carbocycles. The van der Waals surface area contributed by atoms with Gasteiger partial charge < -0.3 is 30.0 Å². The zero-order chi connectivity index (χ0) is 19.6. The maximum absolute atomic E-state index is 12.7. The van der Waals surface area contributed by atoms with Crippen LogP contribution in [0.4, 0.5) is 4.79 Å². The standard InChI is InChI=1S/C18H21BrN2O6/c1-9-14(17(23)27-8-11-4-3-5-26-11)15(21-18(24)20-9)10-6-12(19)16(22)13(7-10)25-2/h6-7,11,15,22H,3-5,8H2,1-2H3,(H2,20,21,24)/t11-,15+/m0/s1. The fourth-order valence-electron chi connectivity index (χ4n) is 3.15. The third-order valence-electron chi connectivity index (χ3n) is 4.52. The van der Waals surface area contributed by atoms with Crippen molar-refractivity contribution in [2.45, 2.75) is 31.9 Å². The first-order chi connectivity index (χ1) is 12.9. The molecule has 146 valence electrons. The molecule has 1 aromatic rings. The van der Waals surface area contributed by atoms with E-state index in [9.17, 15) is 14.7 Å². The Kier molecular flexibility index (Phi) is 5.91. The number of allylic oxidation sites excluding steroid dienone is 1. The minimum absolute atomic E-state index is 0.0651. The van der Waals surface area contributed by atoms with E-state index in [2.05, 4.69) is 26.6 Å². The lowest BCUT2D eigenvalue weighted by molar-refractivity contribution is -0.142. The number of rotatable bonds is 5. The Morgan fingerprint density at radius 1 is 1.44 bits per heavy atom. The van der Waals surface area contributed by atoms with E-state index in [4.69, 9.17) is 14.2 Å². The van der Waals surface area contributed by atoms with Crippen molar-refractivity contribution in [1.82, 2.24) is 10.6 Å². The number of halogens is 1. The smallest absolute Gasteiger partial charge is 0.338 e. The maximum atomic E-state index is 12.7. The fourth-order valence-corrected chi connectivity index (χ4v) is 3.61. The predicted octanol–water partition coefficient (Wildman–Crippen LogP) is 2.51. The lowest BCUT2D eigenvalue weighted by atomic mass is 9.95. The molecule has 0 radical (unpaired) electrons. The summed E-state index contributed by atoms with van der Waals surface area (Å²) in [5.41, 5.74) is 1.26. The molecule has 2 heterocycles. The molecule has 0 bridgehead atoms. The summed E-state index contributed by atoms with van der Waals surface area (Å²) in [4.78, 5) is 24.7. The van der Waals surface area contributed by atoms with Gasteiger partial charge in [-0.05, 0) is 53.4 Å². The summed E-state index contributed by atoms with van der Waals surface area (Å²) in [6.07, 6.45) is 1.71. The van der Waals surface area contributed by atoms with Crippen LogP contribution in [-0.4, -0.2) is 43.5 Å². The van der Waals surface area contributed by atoms with E-state index < -0.39 is 18.0 Å². The molecule has 8 nitrogen and oxygen atoms in total. The van der Waals surface area contributed by atoms with E-state index in [1.54, 1.807) is 19.1 Å². The van der Waals surface area contributed by atoms with Crippen LogP contribution in [0.1, 0.15) is 31.4 Å². The third-order valence-corrected chi connectivity index (χ3v) is 5.12. The fraction of sp³-hybridized carbons (Fsp3) is 0.444. The van der Waals surface area contributed by atoms with Crippen molar-refractivity contribution in [3.63, 3.8) is 0 Å². The molecule has 1 saturated heterocycles. The van der Waals surface area contributed by atoms with Crippen LogP contribution in [0.25, 0.3) is 0 Å². The van der Waals surface area contributed by atoms with Crippen LogP contribution in [0, 0.1) is 0 Å². The van der Waals surface area contributed by atoms with Gasteiger partial charge in [-0.25, -0.2) is 9.59 Å².